The van der Waals surface area contributed by atoms with Crippen molar-refractivity contribution >= 4 is 0 Å². The summed E-state index contributed by atoms with van der Waals surface area (Å²) in [7, 11) is 4.36. The van der Waals surface area contributed by atoms with E-state index in [-0.39, 0.29) is 0 Å². The lowest BCUT2D eigenvalue weighted by Crippen LogP contribution is -2.44. The lowest BCUT2D eigenvalue weighted by atomic mass is 9.91. The maximum atomic E-state index is 3.28. The molecule has 15 heavy (non-hydrogen) atoms. The van der Waals surface area contributed by atoms with Crippen LogP contribution >= 0.6 is 0 Å². The van der Waals surface area contributed by atoms with Crippen LogP contribution in [0.15, 0.2) is 0 Å². The molecule has 0 spiro atoms. The molecule has 0 aromatic rings. The normalized spacial score (nSPS) is 23.0. The van der Waals surface area contributed by atoms with E-state index in [9.17, 15) is 0 Å². The molecule has 1 rings (SSSR count). The van der Waals surface area contributed by atoms with Gasteiger partial charge in [0.15, 0.2) is 0 Å². The topological polar surface area (TPSA) is 15.3 Å². The van der Waals surface area contributed by atoms with Crippen LogP contribution in [0.5, 0.6) is 0 Å². The van der Waals surface area contributed by atoms with E-state index in [1.54, 1.807) is 0 Å². The Morgan fingerprint density at radius 3 is 2.33 bits per heavy atom. The van der Waals surface area contributed by atoms with Crippen LogP contribution in [-0.4, -0.2) is 37.6 Å². The fourth-order valence-electron chi connectivity index (χ4n) is 2.71. The van der Waals surface area contributed by atoms with E-state index in [0.717, 1.165) is 18.5 Å². The highest BCUT2D eigenvalue weighted by Crippen LogP contribution is 2.24. The van der Waals surface area contributed by atoms with Gasteiger partial charge in [0.25, 0.3) is 0 Å². The van der Waals surface area contributed by atoms with Crippen LogP contribution in [0.3, 0.4) is 0 Å². The third kappa shape index (κ3) is 3.76. The van der Waals surface area contributed by atoms with Gasteiger partial charge < -0.3 is 10.2 Å². The second-order valence-electron chi connectivity index (χ2n) is 5.23. The van der Waals surface area contributed by atoms with Crippen molar-refractivity contribution in [2.45, 2.75) is 58.0 Å². The lowest BCUT2D eigenvalue weighted by Gasteiger charge is -2.38. The molecule has 0 aromatic carbocycles. The molecule has 2 heteroatoms. The first-order chi connectivity index (χ1) is 7.16. The van der Waals surface area contributed by atoms with E-state index in [4.69, 9.17) is 0 Å². The Balaban J connectivity index is 2.39. The van der Waals surface area contributed by atoms with Gasteiger partial charge in [0.05, 0.1) is 0 Å². The summed E-state index contributed by atoms with van der Waals surface area (Å²) in [5.41, 5.74) is 0. The minimum atomic E-state index is 0.695. The molecular formula is C13H28N2. The molecular weight excluding hydrogens is 184 g/mol. The van der Waals surface area contributed by atoms with Gasteiger partial charge >= 0.3 is 0 Å². The van der Waals surface area contributed by atoms with E-state index in [2.05, 4.69) is 31.1 Å². The molecule has 0 heterocycles. The predicted octanol–water partition coefficient (Wildman–Crippen LogP) is 2.49. The smallest absolute Gasteiger partial charge is 0.0104 e. The molecule has 90 valence electrons. The molecule has 0 amide bonds. The zero-order valence-electron chi connectivity index (χ0n) is 10.9. The van der Waals surface area contributed by atoms with Crippen LogP contribution < -0.4 is 5.32 Å². The molecule has 1 aliphatic carbocycles. The monoisotopic (exact) mass is 212 g/mol. The third-order valence-electron chi connectivity index (χ3n) is 4.14. The molecule has 0 aromatic heterocycles. The summed E-state index contributed by atoms with van der Waals surface area (Å²) in [6.45, 7) is 5.84. The van der Waals surface area contributed by atoms with Gasteiger partial charge in [0.2, 0.25) is 0 Å². The van der Waals surface area contributed by atoms with E-state index < -0.39 is 0 Å². The van der Waals surface area contributed by atoms with Crippen molar-refractivity contribution < 1.29 is 0 Å². The van der Waals surface area contributed by atoms with Crippen LogP contribution in [0.25, 0.3) is 0 Å². The summed E-state index contributed by atoms with van der Waals surface area (Å²) < 4.78 is 0. The molecule has 0 bridgehead atoms. The Bertz CT molecular complexity index is 164. The maximum Gasteiger partial charge on any atom is 0.0104 e. The van der Waals surface area contributed by atoms with Crippen molar-refractivity contribution in [1.82, 2.24) is 10.2 Å². The molecule has 0 radical (unpaired) electrons. The molecule has 1 saturated carbocycles. The summed E-state index contributed by atoms with van der Waals surface area (Å²) in [6, 6.07) is 1.54. The van der Waals surface area contributed by atoms with Gasteiger partial charge in [-0.25, -0.2) is 0 Å². The Hall–Kier alpha value is -0.0800. The molecule has 2 nitrogen and oxygen atoms in total. The Labute approximate surface area is 95.4 Å². The molecule has 2 unspecified atom stereocenters. The van der Waals surface area contributed by atoms with Crippen molar-refractivity contribution in [3.05, 3.63) is 0 Å². The predicted molar refractivity (Wildman–Crippen MR) is 67.2 cm³/mol. The van der Waals surface area contributed by atoms with Crippen molar-refractivity contribution in [3.8, 4) is 0 Å². The summed E-state index contributed by atoms with van der Waals surface area (Å²) in [6.07, 6.45) is 7.13. The standard InChI is InChI=1S/C13H28N2/c1-11(10-14-3)12(2)15(4)13-8-6-5-7-9-13/h11-14H,5-10H2,1-4H3. The Morgan fingerprint density at radius 2 is 1.80 bits per heavy atom. The molecule has 0 aliphatic heterocycles. The van der Waals surface area contributed by atoms with Crippen LogP contribution in [-0.2, 0) is 0 Å². The summed E-state index contributed by atoms with van der Waals surface area (Å²) in [5, 5.41) is 3.28. The molecule has 2 atom stereocenters. The average Bonchev–Trinajstić information content (AvgIpc) is 2.28. The molecule has 0 saturated heterocycles. The Kier molecular flexibility index (Phi) is 5.62. The summed E-state index contributed by atoms with van der Waals surface area (Å²) in [5.74, 6) is 0.738. The highest BCUT2D eigenvalue weighted by molar-refractivity contribution is 4.80. The zero-order chi connectivity index (χ0) is 11.3. The Morgan fingerprint density at radius 1 is 1.20 bits per heavy atom. The van der Waals surface area contributed by atoms with Crippen LogP contribution in [0.2, 0.25) is 0 Å². The quantitative estimate of drug-likeness (QED) is 0.753. The first-order valence-corrected chi connectivity index (χ1v) is 6.53. The molecule has 1 aliphatic rings. The van der Waals surface area contributed by atoms with E-state index in [1.165, 1.54) is 32.1 Å². The van der Waals surface area contributed by atoms with Crippen LogP contribution in [0, 0.1) is 5.92 Å². The minimum Gasteiger partial charge on any atom is -0.319 e. The largest absolute Gasteiger partial charge is 0.319 e. The molecule has 1 fully saturated rings. The average molecular weight is 212 g/mol. The third-order valence-corrected chi connectivity index (χ3v) is 4.14. The van der Waals surface area contributed by atoms with Crippen LogP contribution in [0.4, 0.5) is 0 Å². The van der Waals surface area contributed by atoms with Gasteiger partial charge in [-0.3, -0.25) is 0 Å². The van der Waals surface area contributed by atoms with Crippen molar-refractivity contribution in [2.24, 2.45) is 5.92 Å². The number of nitrogens with zero attached hydrogens (tertiary/aromatic N) is 1. The van der Waals surface area contributed by atoms with Crippen molar-refractivity contribution in [2.75, 3.05) is 20.6 Å². The van der Waals surface area contributed by atoms with Gasteiger partial charge in [-0.05, 0) is 46.3 Å². The summed E-state index contributed by atoms with van der Waals surface area (Å²) >= 11 is 0. The minimum absolute atomic E-state index is 0.695. The van der Waals surface area contributed by atoms with E-state index in [1.807, 2.05) is 7.05 Å². The fraction of sp³-hybridized carbons (Fsp3) is 1.00. The number of hydrogen-bond acceptors (Lipinski definition) is 2. The van der Waals surface area contributed by atoms with Gasteiger partial charge in [0.1, 0.15) is 0 Å². The lowest BCUT2D eigenvalue weighted by molar-refractivity contribution is 0.113. The first-order valence-electron chi connectivity index (χ1n) is 6.53. The number of nitrogens with one attached hydrogen (secondary N) is 1. The van der Waals surface area contributed by atoms with Gasteiger partial charge in [-0.15, -0.1) is 0 Å². The van der Waals surface area contributed by atoms with Crippen molar-refractivity contribution in [1.29, 1.82) is 0 Å². The van der Waals surface area contributed by atoms with Crippen molar-refractivity contribution in [3.63, 3.8) is 0 Å². The highest BCUT2D eigenvalue weighted by Gasteiger charge is 2.24. The molecule has 1 N–H and O–H groups in total. The number of hydrogen-bond donors (Lipinski definition) is 1. The van der Waals surface area contributed by atoms with Gasteiger partial charge in [-0.1, -0.05) is 26.2 Å². The van der Waals surface area contributed by atoms with Crippen LogP contribution in [0.1, 0.15) is 46.0 Å². The maximum absolute atomic E-state index is 3.28. The second-order valence-corrected chi connectivity index (χ2v) is 5.23. The van der Waals surface area contributed by atoms with E-state index in [0.29, 0.717) is 6.04 Å². The zero-order valence-corrected chi connectivity index (χ0v) is 10.9. The van der Waals surface area contributed by atoms with E-state index >= 15 is 0 Å². The van der Waals surface area contributed by atoms with Gasteiger partial charge in [0, 0.05) is 12.1 Å². The number of rotatable bonds is 5. The SMILES string of the molecule is CNCC(C)C(C)N(C)C1CCCCC1. The van der Waals surface area contributed by atoms with Gasteiger partial charge in [-0.2, -0.15) is 0 Å². The first kappa shape index (κ1) is 13.0. The second kappa shape index (κ2) is 6.49. The summed E-state index contributed by atoms with van der Waals surface area (Å²) in [4.78, 5) is 2.61. The fourth-order valence-corrected chi connectivity index (χ4v) is 2.71. The highest BCUT2D eigenvalue weighted by atomic mass is 15.2.